The van der Waals surface area contributed by atoms with E-state index in [0.29, 0.717) is 16.9 Å². The summed E-state index contributed by atoms with van der Waals surface area (Å²) in [5.41, 5.74) is 1.24. The van der Waals surface area contributed by atoms with Crippen LogP contribution in [-0.4, -0.2) is 23.6 Å². The third kappa shape index (κ3) is 4.70. The topological polar surface area (TPSA) is 124 Å². The van der Waals surface area contributed by atoms with Crippen molar-refractivity contribution in [2.45, 2.75) is 17.9 Å². The number of hydrogen-bond acceptors (Lipinski definition) is 7. The van der Waals surface area contributed by atoms with Crippen molar-refractivity contribution in [1.82, 2.24) is 4.98 Å². The molecule has 2 aromatic carbocycles. The average Bonchev–Trinajstić information content (AvgIpc) is 2.68. The number of aliphatic hydroxyl groups excluding tert-OH is 1. The molecule has 9 heteroatoms. The highest BCUT2D eigenvalue weighted by Crippen LogP contribution is 2.29. The number of aliphatic hydroxyl groups is 1. The van der Waals surface area contributed by atoms with Gasteiger partial charge in [-0.2, -0.15) is 10.2 Å². The normalized spacial score (nSPS) is 12.8. The third-order valence-corrected chi connectivity index (χ3v) is 5.16. The lowest BCUT2D eigenvalue weighted by Gasteiger charge is -2.07. The molecule has 3 aromatic rings. The Morgan fingerprint density at radius 2 is 1.68 bits per heavy atom. The lowest BCUT2D eigenvalue weighted by atomic mass is 10.1. The monoisotopic (exact) mass is 398 g/mol. The van der Waals surface area contributed by atoms with Crippen LogP contribution in [0.25, 0.3) is 0 Å². The van der Waals surface area contributed by atoms with E-state index < -0.39 is 16.1 Å². The summed E-state index contributed by atoms with van der Waals surface area (Å²) in [5, 5.41) is 27.4. The Kier molecular flexibility index (Phi) is 5.67. The van der Waals surface area contributed by atoms with Gasteiger partial charge < -0.3 is 10.2 Å². The molecule has 1 unspecified atom stereocenters. The van der Waals surface area contributed by atoms with Gasteiger partial charge in [0.05, 0.1) is 22.4 Å². The molecular weight excluding hydrogens is 380 g/mol. The van der Waals surface area contributed by atoms with E-state index >= 15 is 0 Å². The van der Waals surface area contributed by atoms with Crippen molar-refractivity contribution in [2.24, 2.45) is 10.2 Å². The summed E-state index contributed by atoms with van der Waals surface area (Å²) in [6.07, 6.45) is 0.652. The Hall–Kier alpha value is -3.30. The summed E-state index contributed by atoms with van der Waals surface area (Å²) in [6, 6.07) is 15.3. The average molecular weight is 398 g/mol. The molecule has 0 aliphatic rings. The summed E-state index contributed by atoms with van der Waals surface area (Å²) in [5.74, 6) is 0.205. The fourth-order valence-electron chi connectivity index (χ4n) is 2.37. The summed E-state index contributed by atoms with van der Waals surface area (Å²) in [7, 11) is -3.76. The molecular formula is C19H18N4O4S. The molecule has 0 saturated heterocycles. The van der Waals surface area contributed by atoms with Crippen LogP contribution in [0.2, 0.25) is 0 Å². The summed E-state index contributed by atoms with van der Waals surface area (Å²) in [6.45, 7) is 1.54. The number of pyridine rings is 1. The van der Waals surface area contributed by atoms with Crippen LogP contribution in [0, 0.1) is 0 Å². The SMILES string of the molecule is CC(O)c1cc(N=Nc2ccc(S(=O)(=O)Nc3ccccn3)cc2)ccc1O. The number of nitrogens with zero attached hydrogens (tertiary/aromatic N) is 3. The van der Waals surface area contributed by atoms with Gasteiger partial charge in [-0.1, -0.05) is 6.07 Å². The lowest BCUT2D eigenvalue weighted by molar-refractivity contribution is 0.195. The molecule has 3 N–H and O–H groups in total. The van der Waals surface area contributed by atoms with E-state index in [4.69, 9.17) is 0 Å². The van der Waals surface area contributed by atoms with Crippen LogP contribution in [0.5, 0.6) is 5.75 Å². The predicted octanol–water partition coefficient (Wildman–Crippen LogP) is 4.06. The predicted molar refractivity (Wildman–Crippen MR) is 104 cm³/mol. The maximum absolute atomic E-state index is 12.4. The van der Waals surface area contributed by atoms with Gasteiger partial charge in [0, 0.05) is 11.8 Å². The number of aromatic nitrogens is 1. The van der Waals surface area contributed by atoms with Gasteiger partial charge >= 0.3 is 0 Å². The Balaban J connectivity index is 1.76. The number of hydrogen-bond donors (Lipinski definition) is 3. The second-order valence-electron chi connectivity index (χ2n) is 5.93. The van der Waals surface area contributed by atoms with Crippen LogP contribution in [0.4, 0.5) is 17.2 Å². The fourth-order valence-corrected chi connectivity index (χ4v) is 3.37. The van der Waals surface area contributed by atoms with Crippen molar-refractivity contribution in [2.75, 3.05) is 4.72 Å². The molecule has 0 aliphatic heterocycles. The van der Waals surface area contributed by atoms with Crippen molar-refractivity contribution < 1.29 is 18.6 Å². The number of rotatable bonds is 6. The van der Waals surface area contributed by atoms with Crippen molar-refractivity contribution in [1.29, 1.82) is 0 Å². The molecule has 3 rings (SSSR count). The first-order chi connectivity index (χ1) is 13.3. The zero-order chi connectivity index (χ0) is 20.1. The number of sulfonamides is 1. The lowest BCUT2D eigenvalue weighted by Crippen LogP contribution is -2.13. The maximum atomic E-state index is 12.4. The second kappa shape index (κ2) is 8.15. The van der Waals surface area contributed by atoms with Crippen LogP contribution < -0.4 is 4.72 Å². The molecule has 0 spiro atoms. The number of aromatic hydroxyl groups is 1. The van der Waals surface area contributed by atoms with Crippen LogP contribution >= 0.6 is 0 Å². The zero-order valence-corrected chi connectivity index (χ0v) is 15.7. The minimum atomic E-state index is -3.76. The van der Waals surface area contributed by atoms with Gasteiger partial charge in [-0.3, -0.25) is 4.72 Å². The molecule has 1 heterocycles. The van der Waals surface area contributed by atoms with Gasteiger partial charge in [-0.25, -0.2) is 13.4 Å². The molecule has 1 atom stereocenters. The second-order valence-corrected chi connectivity index (χ2v) is 7.62. The molecule has 1 aromatic heterocycles. The Bertz CT molecular complexity index is 1080. The molecule has 0 saturated carbocycles. The van der Waals surface area contributed by atoms with Crippen LogP contribution in [-0.2, 0) is 10.0 Å². The first-order valence-corrected chi connectivity index (χ1v) is 9.80. The van der Waals surface area contributed by atoms with E-state index in [9.17, 15) is 18.6 Å². The first kappa shape index (κ1) is 19.5. The summed E-state index contributed by atoms with van der Waals surface area (Å²) < 4.78 is 27.1. The Labute approximate surface area is 162 Å². The fraction of sp³-hybridized carbons (Fsp3) is 0.105. The molecule has 144 valence electrons. The van der Waals surface area contributed by atoms with E-state index in [1.807, 2.05) is 0 Å². The number of anilines is 1. The van der Waals surface area contributed by atoms with E-state index in [1.54, 1.807) is 24.3 Å². The smallest absolute Gasteiger partial charge is 0.263 e. The third-order valence-electron chi connectivity index (χ3n) is 3.79. The molecule has 0 bridgehead atoms. The van der Waals surface area contributed by atoms with Gasteiger partial charge in [0.25, 0.3) is 10.0 Å². The van der Waals surface area contributed by atoms with Crippen molar-refractivity contribution >= 4 is 27.2 Å². The largest absolute Gasteiger partial charge is 0.508 e. The van der Waals surface area contributed by atoms with Crippen molar-refractivity contribution in [3.8, 4) is 5.75 Å². The molecule has 0 amide bonds. The number of phenolic OH excluding ortho intramolecular Hbond substituents is 1. The maximum Gasteiger partial charge on any atom is 0.263 e. The van der Waals surface area contributed by atoms with E-state index in [0.717, 1.165) is 0 Å². The number of phenols is 1. The standard InChI is InChI=1S/C19H18N4O4S/c1-13(24)17-12-15(7-10-18(17)25)22-21-14-5-8-16(9-6-14)28(26,27)23-19-4-2-3-11-20-19/h2-13,24-25H,1H3,(H,20,23). The van der Waals surface area contributed by atoms with E-state index in [1.165, 1.54) is 49.5 Å². The van der Waals surface area contributed by atoms with Gasteiger partial charge in [-0.05, 0) is 61.5 Å². The Morgan fingerprint density at radius 1 is 1.00 bits per heavy atom. The quantitative estimate of drug-likeness (QED) is 0.540. The minimum Gasteiger partial charge on any atom is -0.508 e. The molecule has 8 nitrogen and oxygen atoms in total. The molecule has 28 heavy (non-hydrogen) atoms. The van der Waals surface area contributed by atoms with Gasteiger partial charge in [0.1, 0.15) is 11.6 Å². The van der Waals surface area contributed by atoms with Gasteiger partial charge in [0.15, 0.2) is 0 Å². The van der Waals surface area contributed by atoms with Crippen molar-refractivity contribution in [3.63, 3.8) is 0 Å². The number of benzene rings is 2. The molecule has 0 aliphatic carbocycles. The van der Waals surface area contributed by atoms with E-state index in [2.05, 4.69) is 19.9 Å². The van der Waals surface area contributed by atoms with Crippen molar-refractivity contribution in [3.05, 3.63) is 72.4 Å². The zero-order valence-electron chi connectivity index (χ0n) is 14.9. The minimum absolute atomic E-state index is 0.0242. The molecule has 0 fully saturated rings. The van der Waals surface area contributed by atoms with Crippen LogP contribution in [0.15, 0.2) is 82.0 Å². The first-order valence-electron chi connectivity index (χ1n) is 8.32. The summed E-state index contributed by atoms with van der Waals surface area (Å²) in [4.78, 5) is 4.00. The highest BCUT2D eigenvalue weighted by atomic mass is 32.2. The highest BCUT2D eigenvalue weighted by Gasteiger charge is 2.14. The van der Waals surface area contributed by atoms with E-state index in [-0.39, 0.29) is 16.5 Å². The molecule has 0 radical (unpaired) electrons. The van der Waals surface area contributed by atoms with Gasteiger partial charge in [0.2, 0.25) is 0 Å². The summed E-state index contributed by atoms with van der Waals surface area (Å²) >= 11 is 0. The number of azo groups is 1. The highest BCUT2D eigenvalue weighted by molar-refractivity contribution is 7.92. The Morgan fingerprint density at radius 3 is 2.32 bits per heavy atom. The van der Waals surface area contributed by atoms with Gasteiger partial charge in [-0.15, -0.1) is 0 Å². The van der Waals surface area contributed by atoms with Crippen LogP contribution in [0.3, 0.4) is 0 Å². The van der Waals surface area contributed by atoms with Crippen LogP contribution in [0.1, 0.15) is 18.6 Å². The number of nitrogens with one attached hydrogen (secondary N) is 1.